The maximum absolute atomic E-state index is 13.9. The highest BCUT2D eigenvalue weighted by atomic mass is 16.5. The summed E-state index contributed by atoms with van der Waals surface area (Å²) in [4.78, 5) is 28.3. The quantitative estimate of drug-likeness (QED) is 0.436. The third-order valence-electron chi connectivity index (χ3n) is 6.10. The SMILES string of the molecule is CCCC(=O)N[C@@H](Cc1ccc(C)cc1)C(=O)N(Cc1cccc2ccccc12)CC(C)OC. The molecule has 0 radical (unpaired) electrons. The van der Waals surface area contributed by atoms with Crippen molar-refractivity contribution in [3.63, 3.8) is 0 Å². The van der Waals surface area contributed by atoms with E-state index in [0.29, 0.717) is 25.9 Å². The molecule has 0 saturated heterocycles. The van der Waals surface area contributed by atoms with Gasteiger partial charge in [-0.2, -0.15) is 0 Å². The van der Waals surface area contributed by atoms with Gasteiger partial charge < -0.3 is 15.0 Å². The number of ether oxygens (including phenoxy) is 1. The number of hydrogen-bond donors (Lipinski definition) is 1. The molecular weight excluding hydrogens is 424 g/mol. The van der Waals surface area contributed by atoms with E-state index in [1.807, 2.05) is 68.1 Å². The lowest BCUT2D eigenvalue weighted by molar-refractivity contribution is -0.138. The zero-order chi connectivity index (χ0) is 24.5. The van der Waals surface area contributed by atoms with E-state index in [2.05, 4.69) is 29.6 Å². The van der Waals surface area contributed by atoms with Crippen LogP contribution in [0.15, 0.2) is 66.7 Å². The van der Waals surface area contributed by atoms with Gasteiger partial charge in [-0.1, -0.05) is 79.2 Å². The number of carbonyl (C=O) groups is 2. The van der Waals surface area contributed by atoms with Crippen LogP contribution in [0, 0.1) is 6.92 Å². The molecule has 3 rings (SSSR count). The van der Waals surface area contributed by atoms with Crippen molar-refractivity contribution in [1.29, 1.82) is 0 Å². The van der Waals surface area contributed by atoms with E-state index in [9.17, 15) is 9.59 Å². The first-order valence-corrected chi connectivity index (χ1v) is 12.0. The Bertz CT molecular complexity index is 1090. The summed E-state index contributed by atoms with van der Waals surface area (Å²) in [5.74, 6) is -0.195. The molecular formula is C29H36N2O3. The number of rotatable bonds is 11. The molecule has 0 aromatic heterocycles. The second-order valence-electron chi connectivity index (χ2n) is 8.96. The van der Waals surface area contributed by atoms with Crippen LogP contribution in [-0.4, -0.2) is 42.5 Å². The van der Waals surface area contributed by atoms with E-state index in [-0.39, 0.29) is 17.9 Å². The zero-order valence-electron chi connectivity index (χ0n) is 20.7. The van der Waals surface area contributed by atoms with Gasteiger partial charge in [-0.3, -0.25) is 9.59 Å². The van der Waals surface area contributed by atoms with Crippen molar-refractivity contribution in [2.45, 2.75) is 58.7 Å². The standard InChI is InChI=1S/C29H36N2O3/c1-5-9-28(32)30-27(18-23-16-14-21(2)15-17-23)29(33)31(19-22(3)34-4)20-25-12-8-11-24-10-6-7-13-26(24)25/h6-8,10-17,22,27H,5,9,18-20H2,1-4H3,(H,30,32)/t22?,27-/m0/s1. The Morgan fingerprint density at radius 3 is 2.41 bits per heavy atom. The minimum absolute atomic E-state index is 0.0955. The van der Waals surface area contributed by atoms with Gasteiger partial charge in [-0.15, -0.1) is 0 Å². The van der Waals surface area contributed by atoms with Gasteiger partial charge in [0.2, 0.25) is 11.8 Å². The van der Waals surface area contributed by atoms with Crippen molar-refractivity contribution in [2.24, 2.45) is 0 Å². The van der Waals surface area contributed by atoms with Crippen LogP contribution in [-0.2, 0) is 27.3 Å². The summed E-state index contributed by atoms with van der Waals surface area (Å²) in [5.41, 5.74) is 3.25. The highest BCUT2D eigenvalue weighted by molar-refractivity contribution is 5.89. The number of nitrogens with one attached hydrogen (secondary N) is 1. The minimum atomic E-state index is -0.638. The molecule has 0 aliphatic heterocycles. The predicted octanol–water partition coefficient (Wildman–Crippen LogP) is 5.04. The largest absolute Gasteiger partial charge is 0.380 e. The third kappa shape index (κ3) is 6.91. The average molecular weight is 461 g/mol. The van der Waals surface area contributed by atoms with E-state index in [1.165, 1.54) is 0 Å². The molecule has 2 amide bonds. The van der Waals surface area contributed by atoms with E-state index in [4.69, 9.17) is 4.74 Å². The molecule has 2 atom stereocenters. The number of methoxy groups -OCH3 is 1. The van der Waals surface area contributed by atoms with Crippen molar-refractivity contribution in [3.8, 4) is 0 Å². The first kappa shape index (κ1) is 25.4. The smallest absolute Gasteiger partial charge is 0.245 e. The molecule has 0 aliphatic carbocycles. The highest BCUT2D eigenvalue weighted by Gasteiger charge is 2.28. The summed E-state index contributed by atoms with van der Waals surface area (Å²) in [6.07, 6.45) is 1.44. The number of amides is 2. The Morgan fingerprint density at radius 1 is 1.00 bits per heavy atom. The molecule has 3 aromatic carbocycles. The number of fused-ring (bicyclic) bond motifs is 1. The van der Waals surface area contributed by atoms with Gasteiger partial charge in [0.25, 0.3) is 0 Å². The summed E-state index contributed by atoms with van der Waals surface area (Å²) in [7, 11) is 1.65. The Labute approximate surface area is 203 Å². The maximum Gasteiger partial charge on any atom is 0.245 e. The van der Waals surface area contributed by atoms with Crippen LogP contribution in [0.1, 0.15) is 43.4 Å². The van der Waals surface area contributed by atoms with Crippen LogP contribution >= 0.6 is 0 Å². The lowest BCUT2D eigenvalue weighted by atomic mass is 10.0. The second kappa shape index (κ2) is 12.3. The van der Waals surface area contributed by atoms with Crippen molar-refractivity contribution >= 4 is 22.6 Å². The fourth-order valence-electron chi connectivity index (χ4n) is 4.13. The van der Waals surface area contributed by atoms with Gasteiger partial charge >= 0.3 is 0 Å². The zero-order valence-corrected chi connectivity index (χ0v) is 20.7. The number of aryl methyl sites for hydroxylation is 1. The van der Waals surface area contributed by atoms with Gasteiger partial charge in [-0.05, 0) is 42.2 Å². The molecule has 0 saturated carbocycles. The summed E-state index contributed by atoms with van der Waals surface area (Å²) >= 11 is 0. The number of benzene rings is 3. The lowest BCUT2D eigenvalue weighted by Crippen LogP contribution is -2.51. The van der Waals surface area contributed by atoms with Crippen LogP contribution < -0.4 is 5.32 Å². The minimum Gasteiger partial charge on any atom is -0.380 e. The number of nitrogens with zero attached hydrogens (tertiary/aromatic N) is 1. The van der Waals surface area contributed by atoms with Crippen molar-refractivity contribution in [3.05, 3.63) is 83.4 Å². The Balaban J connectivity index is 1.91. The molecule has 180 valence electrons. The molecule has 0 aliphatic rings. The van der Waals surface area contributed by atoms with Crippen LogP contribution in [0.5, 0.6) is 0 Å². The van der Waals surface area contributed by atoms with Crippen molar-refractivity contribution < 1.29 is 14.3 Å². The lowest BCUT2D eigenvalue weighted by Gasteiger charge is -2.30. The molecule has 0 heterocycles. The van der Waals surface area contributed by atoms with Gasteiger partial charge in [0.1, 0.15) is 6.04 Å². The predicted molar refractivity (Wildman–Crippen MR) is 138 cm³/mol. The van der Waals surface area contributed by atoms with Gasteiger partial charge in [0.15, 0.2) is 0 Å². The molecule has 3 aromatic rings. The first-order valence-electron chi connectivity index (χ1n) is 12.0. The number of carbonyl (C=O) groups excluding carboxylic acids is 2. The van der Waals surface area contributed by atoms with Crippen LogP contribution in [0.3, 0.4) is 0 Å². The van der Waals surface area contributed by atoms with Crippen LogP contribution in [0.2, 0.25) is 0 Å². The Hall–Kier alpha value is -3.18. The maximum atomic E-state index is 13.9. The van der Waals surface area contributed by atoms with E-state index in [1.54, 1.807) is 7.11 Å². The Kier molecular flexibility index (Phi) is 9.23. The molecule has 5 heteroatoms. The van der Waals surface area contributed by atoms with Gasteiger partial charge in [0.05, 0.1) is 6.10 Å². The topological polar surface area (TPSA) is 58.6 Å². The molecule has 0 spiro atoms. The fourth-order valence-corrected chi connectivity index (χ4v) is 4.13. The molecule has 0 fully saturated rings. The molecule has 34 heavy (non-hydrogen) atoms. The van der Waals surface area contributed by atoms with E-state index in [0.717, 1.165) is 33.9 Å². The van der Waals surface area contributed by atoms with Gasteiger partial charge in [-0.25, -0.2) is 0 Å². The molecule has 1 unspecified atom stereocenters. The van der Waals surface area contributed by atoms with Gasteiger partial charge in [0, 0.05) is 33.0 Å². The molecule has 0 bridgehead atoms. The van der Waals surface area contributed by atoms with Crippen LogP contribution in [0.4, 0.5) is 0 Å². The third-order valence-corrected chi connectivity index (χ3v) is 6.10. The fraction of sp³-hybridized carbons (Fsp3) is 0.379. The van der Waals surface area contributed by atoms with Crippen LogP contribution in [0.25, 0.3) is 10.8 Å². The monoisotopic (exact) mass is 460 g/mol. The first-order chi connectivity index (χ1) is 16.4. The molecule has 1 N–H and O–H groups in total. The normalized spacial score (nSPS) is 12.8. The average Bonchev–Trinajstić information content (AvgIpc) is 2.84. The number of hydrogen-bond acceptors (Lipinski definition) is 3. The van der Waals surface area contributed by atoms with E-state index < -0.39 is 6.04 Å². The van der Waals surface area contributed by atoms with Crippen molar-refractivity contribution in [1.82, 2.24) is 10.2 Å². The Morgan fingerprint density at radius 2 is 1.71 bits per heavy atom. The van der Waals surface area contributed by atoms with Crippen molar-refractivity contribution in [2.75, 3.05) is 13.7 Å². The summed E-state index contributed by atoms with van der Waals surface area (Å²) in [6, 6.07) is 21.8. The molecule has 5 nitrogen and oxygen atoms in total. The summed E-state index contributed by atoms with van der Waals surface area (Å²) < 4.78 is 5.51. The summed E-state index contributed by atoms with van der Waals surface area (Å²) in [5, 5.41) is 5.27. The second-order valence-corrected chi connectivity index (χ2v) is 8.96. The summed E-state index contributed by atoms with van der Waals surface area (Å²) in [6.45, 7) is 6.83. The highest BCUT2D eigenvalue weighted by Crippen LogP contribution is 2.21. The van der Waals surface area contributed by atoms with E-state index >= 15 is 0 Å².